The van der Waals surface area contributed by atoms with Gasteiger partial charge in [-0.3, -0.25) is 4.79 Å². The zero-order chi connectivity index (χ0) is 11.3. The molecule has 0 aliphatic heterocycles. The van der Waals surface area contributed by atoms with E-state index in [2.05, 4.69) is 19.7 Å². The minimum absolute atomic E-state index is 0.0760. The van der Waals surface area contributed by atoms with Gasteiger partial charge in [0.15, 0.2) is 11.8 Å². The first-order valence-electron chi connectivity index (χ1n) is 4.09. The van der Waals surface area contributed by atoms with Gasteiger partial charge in [0.25, 0.3) is 5.91 Å². The number of ether oxygens (including phenoxy) is 1. The fourth-order valence-corrected chi connectivity index (χ4v) is 0.829. The van der Waals surface area contributed by atoms with Gasteiger partial charge in [-0.15, -0.1) is 0 Å². The van der Waals surface area contributed by atoms with E-state index in [1.807, 2.05) is 0 Å². The van der Waals surface area contributed by atoms with Crippen LogP contribution in [0.25, 0.3) is 0 Å². The molecule has 0 radical (unpaired) electrons. The van der Waals surface area contributed by atoms with Gasteiger partial charge in [0, 0.05) is 6.07 Å². The van der Waals surface area contributed by atoms with E-state index in [0.29, 0.717) is 0 Å². The molecule has 0 aliphatic carbocycles. The van der Waals surface area contributed by atoms with E-state index in [4.69, 9.17) is 5.11 Å². The van der Waals surface area contributed by atoms with Crippen molar-refractivity contribution in [1.82, 2.24) is 10.5 Å². The molecule has 1 rings (SSSR count). The number of carbonyl (C=O) groups is 2. The number of methoxy groups -OCH3 is 1. The highest BCUT2D eigenvalue weighted by Crippen LogP contribution is 1.94. The molecule has 0 fully saturated rings. The number of hydrogen-bond acceptors (Lipinski definition) is 6. The van der Waals surface area contributed by atoms with E-state index in [9.17, 15) is 9.59 Å². The minimum Gasteiger partial charge on any atom is -0.467 e. The Kier molecular flexibility index (Phi) is 3.81. The highest BCUT2D eigenvalue weighted by atomic mass is 16.5. The van der Waals surface area contributed by atoms with Gasteiger partial charge < -0.3 is 19.7 Å². The lowest BCUT2D eigenvalue weighted by molar-refractivity contribution is -0.149. The van der Waals surface area contributed by atoms with Gasteiger partial charge in [0.05, 0.1) is 13.7 Å². The summed E-state index contributed by atoms with van der Waals surface area (Å²) < 4.78 is 8.71. The highest BCUT2D eigenvalue weighted by Gasteiger charge is 2.17. The number of hydrogen-bond donors (Lipinski definition) is 2. The Morgan fingerprint density at radius 1 is 1.73 bits per heavy atom. The summed E-state index contributed by atoms with van der Waals surface area (Å²) in [6.45, 7) is -0.238. The zero-order valence-electron chi connectivity index (χ0n) is 7.97. The number of aromatic nitrogens is 1. The van der Waals surface area contributed by atoms with Gasteiger partial charge in [-0.1, -0.05) is 5.16 Å². The Hall–Kier alpha value is -1.89. The van der Waals surface area contributed by atoms with E-state index in [-0.39, 0.29) is 12.2 Å². The maximum Gasteiger partial charge on any atom is 0.336 e. The second kappa shape index (κ2) is 5.11. The number of rotatable bonds is 4. The van der Waals surface area contributed by atoms with Crippen molar-refractivity contribution in [2.24, 2.45) is 0 Å². The number of aliphatic hydroxyl groups excluding tert-OH is 1. The second-order valence-electron chi connectivity index (χ2n) is 2.63. The maximum atomic E-state index is 11.2. The van der Waals surface area contributed by atoms with Crippen LogP contribution in [0, 0.1) is 0 Å². The Balaban J connectivity index is 2.38. The number of carbonyl (C=O) groups excluding carboxylic acids is 2. The van der Waals surface area contributed by atoms with Crippen LogP contribution < -0.4 is 5.32 Å². The number of esters is 1. The van der Waals surface area contributed by atoms with Crippen LogP contribution >= 0.6 is 0 Å². The predicted molar refractivity (Wildman–Crippen MR) is 46.9 cm³/mol. The Morgan fingerprint density at radius 2 is 2.47 bits per heavy atom. The summed E-state index contributed by atoms with van der Waals surface area (Å²) in [6.07, 6.45) is -0.142. The third-order valence-electron chi connectivity index (χ3n) is 1.60. The van der Waals surface area contributed by atoms with Crippen molar-refractivity contribution < 1.29 is 24.0 Å². The van der Waals surface area contributed by atoms with Crippen molar-refractivity contribution in [2.75, 3.05) is 13.7 Å². The second-order valence-corrected chi connectivity index (χ2v) is 2.63. The molecule has 7 heteroatoms. The lowest BCUT2D eigenvalue weighted by Gasteiger charge is -2.08. The fourth-order valence-electron chi connectivity index (χ4n) is 0.829. The van der Waals surface area contributed by atoms with Crippen LogP contribution in [-0.4, -0.2) is 41.9 Å². The average Bonchev–Trinajstić information content (AvgIpc) is 2.77. The molecule has 0 saturated carbocycles. The van der Waals surface area contributed by atoms with Gasteiger partial charge in [-0.05, 0) is 0 Å². The van der Waals surface area contributed by atoms with Crippen molar-refractivity contribution in [3.63, 3.8) is 0 Å². The summed E-state index contributed by atoms with van der Waals surface area (Å²) in [7, 11) is 1.14. The first-order valence-corrected chi connectivity index (χ1v) is 4.09. The van der Waals surface area contributed by atoms with Crippen LogP contribution in [0.15, 0.2) is 16.9 Å². The number of nitrogens with zero attached hydrogens (tertiary/aromatic N) is 1. The van der Waals surface area contributed by atoms with E-state index in [0.717, 1.165) is 7.11 Å². The summed E-state index contributed by atoms with van der Waals surface area (Å²) in [6, 6.07) is 1.36. The van der Waals surface area contributed by atoms with Gasteiger partial charge in [0.2, 0.25) is 0 Å². The molecule has 1 unspecified atom stereocenters. The van der Waals surface area contributed by atoms with E-state index < -0.39 is 18.0 Å². The standard InChI is InChI=1S/C8H10N2O5/c1-14-8(13)6(11)4-9-7(12)5-2-3-15-10-5/h2-3,6,11H,4H2,1H3,(H,9,12). The first kappa shape index (κ1) is 11.2. The molecule has 2 N–H and O–H groups in total. The monoisotopic (exact) mass is 214 g/mol. The van der Waals surface area contributed by atoms with Crippen LogP contribution in [0.3, 0.4) is 0 Å². The van der Waals surface area contributed by atoms with Gasteiger partial charge >= 0.3 is 5.97 Å². The van der Waals surface area contributed by atoms with Gasteiger partial charge in [-0.2, -0.15) is 0 Å². The molecular weight excluding hydrogens is 204 g/mol. The summed E-state index contributed by atoms with van der Waals surface area (Å²) in [5.74, 6) is -1.35. The van der Waals surface area contributed by atoms with Crippen LogP contribution in [0.1, 0.15) is 10.5 Å². The van der Waals surface area contributed by atoms with Crippen LogP contribution in [0.4, 0.5) is 0 Å². The van der Waals surface area contributed by atoms with Gasteiger partial charge in [0.1, 0.15) is 6.26 Å². The number of nitrogens with one attached hydrogen (secondary N) is 1. The smallest absolute Gasteiger partial charge is 0.336 e. The van der Waals surface area contributed by atoms with Gasteiger partial charge in [-0.25, -0.2) is 4.79 Å². The molecule has 0 saturated heterocycles. The van der Waals surface area contributed by atoms with E-state index >= 15 is 0 Å². The molecule has 1 amide bonds. The normalized spacial score (nSPS) is 11.9. The molecule has 0 aromatic carbocycles. The van der Waals surface area contributed by atoms with Crippen molar-refractivity contribution in [1.29, 1.82) is 0 Å². The predicted octanol–water partition coefficient (Wildman–Crippen LogP) is -1.06. The minimum atomic E-state index is -1.38. The molecule has 1 heterocycles. The Bertz CT molecular complexity index is 335. The van der Waals surface area contributed by atoms with Crippen molar-refractivity contribution in [2.45, 2.75) is 6.10 Å². The molecule has 15 heavy (non-hydrogen) atoms. The quantitative estimate of drug-likeness (QED) is 0.619. The molecule has 1 aromatic heterocycles. The van der Waals surface area contributed by atoms with Crippen LogP contribution in [0.2, 0.25) is 0 Å². The van der Waals surface area contributed by atoms with Crippen molar-refractivity contribution >= 4 is 11.9 Å². The molecule has 1 atom stereocenters. The average molecular weight is 214 g/mol. The van der Waals surface area contributed by atoms with Crippen molar-refractivity contribution in [3.05, 3.63) is 18.0 Å². The number of amides is 1. The molecule has 7 nitrogen and oxygen atoms in total. The lowest BCUT2D eigenvalue weighted by Crippen LogP contribution is -2.37. The van der Waals surface area contributed by atoms with E-state index in [1.54, 1.807) is 0 Å². The highest BCUT2D eigenvalue weighted by molar-refractivity contribution is 5.92. The zero-order valence-corrected chi connectivity index (χ0v) is 7.97. The van der Waals surface area contributed by atoms with Crippen molar-refractivity contribution in [3.8, 4) is 0 Å². The maximum absolute atomic E-state index is 11.2. The van der Waals surface area contributed by atoms with Crippen LogP contribution in [0.5, 0.6) is 0 Å². The molecule has 0 bridgehead atoms. The summed E-state index contributed by atoms with van der Waals surface area (Å²) in [5.41, 5.74) is 0.0760. The fraction of sp³-hybridized carbons (Fsp3) is 0.375. The largest absolute Gasteiger partial charge is 0.467 e. The SMILES string of the molecule is COC(=O)C(O)CNC(=O)c1ccon1. The molecule has 82 valence electrons. The third kappa shape index (κ3) is 3.06. The first-order chi connectivity index (χ1) is 7.15. The van der Waals surface area contributed by atoms with E-state index in [1.165, 1.54) is 12.3 Å². The molecule has 1 aromatic rings. The van der Waals surface area contributed by atoms with Crippen LogP contribution in [-0.2, 0) is 9.53 Å². The summed E-state index contributed by atoms with van der Waals surface area (Å²) >= 11 is 0. The number of aliphatic hydroxyl groups is 1. The Morgan fingerprint density at radius 3 is 3.00 bits per heavy atom. The third-order valence-corrected chi connectivity index (χ3v) is 1.60. The Labute approximate surface area is 85.0 Å². The molecular formula is C8H10N2O5. The molecule has 0 spiro atoms. The molecule has 0 aliphatic rings. The summed E-state index contributed by atoms with van der Waals surface area (Å²) in [4.78, 5) is 22.0. The summed E-state index contributed by atoms with van der Waals surface area (Å²) in [5, 5.41) is 14.8. The lowest BCUT2D eigenvalue weighted by atomic mass is 10.3. The topological polar surface area (TPSA) is 102 Å².